The first-order valence-electron chi connectivity index (χ1n) is 16.2. The van der Waals surface area contributed by atoms with Crippen molar-refractivity contribution in [1.82, 2.24) is 0 Å². The largest absolute Gasteiger partial charge is 0.493 e. The summed E-state index contributed by atoms with van der Waals surface area (Å²) in [5, 5.41) is 0. The summed E-state index contributed by atoms with van der Waals surface area (Å²) in [6.45, 7) is 5.34. The Morgan fingerprint density at radius 2 is 1.30 bits per heavy atom. The normalized spacial score (nSPS) is 11.5. The van der Waals surface area contributed by atoms with E-state index in [-0.39, 0.29) is 5.97 Å². The molecule has 0 amide bonds. The van der Waals surface area contributed by atoms with Crippen LogP contribution in [0.3, 0.4) is 0 Å². The first-order chi connectivity index (χ1) is 19.5. The van der Waals surface area contributed by atoms with Gasteiger partial charge in [0, 0.05) is 18.4 Å². The molecule has 4 nitrogen and oxygen atoms in total. The number of esters is 1. The third-order valence-corrected chi connectivity index (χ3v) is 7.68. The highest BCUT2D eigenvalue weighted by molar-refractivity contribution is 5.69. The minimum Gasteiger partial charge on any atom is -0.493 e. The predicted molar refractivity (Wildman–Crippen MR) is 169 cm³/mol. The Balaban J connectivity index is 1.48. The van der Waals surface area contributed by atoms with Crippen LogP contribution in [0.1, 0.15) is 114 Å². The van der Waals surface area contributed by atoms with E-state index in [9.17, 15) is 4.79 Å². The molecular formula is C36H58NO3+. The Hall–Kier alpha value is -2.33. The Labute approximate surface area is 246 Å². The number of hydrogen-bond donors (Lipinski definition) is 0. The molecule has 0 unspecified atom stereocenters. The minimum atomic E-state index is -0.0924. The van der Waals surface area contributed by atoms with Crippen molar-refractivity contribution in [3.05, 3.63) is 65.7 Å². The molecule has 2 rings (SSSR count). The van der Waals surface area contributed by atoms with E-state index in [0.29, 0.717) is 19.6 Å². The number of unbranched alkanes of at least 4 members (excludes halogenated alkanes) is 11. The van der Waals surface area contributed by atoms with Gasteiger partial charge in [-0.1, -0.05) is 120 Å². The highest BCUT2D eigenvalue weighted by atomic mass is 16.5. The summed E-state index contributed by atoms with van der Waals surface area (Å²) < 4.78 is 12.4. The molecule has 0 N–H and O–H groups in total. The summed E-state index contributed by atoms with van der Waals surface area (Å²) >= 11 is 0. The highest BCUT2D eigenvalue weighted by Gasteiger charge is 2.15. The lowest BCUT2D eigenvalue weighted by molar-refractivity contribution is -0.903. The summed E-state index contributed by atoms with van der Waals surface area (Å²) in [5.74, 6) is 0.891. The fraction of sp³-hybridized carbons (Fsp3) is 0.639. The van der Waals surface area contributed by atoms with Gasteiger partial charge in [-0.15, -0.1) is 0 Å². The van der Waals surface area contributed by atoms with Crippen LogP contribution < -0.4 is 4.74 Å². The molecule has 0 heterocycles. The Morgan fingerprint density at radius 3 is 2.00 bits per heavy atom. The molecule has 0 saturated heterocycles. The predicted octanol–water partition coefficient (Wildman–Crippen LogP) is 9.30. The van der Waals surface area contributed by atoms with Gasteiger partial charge in [-0.05, 0) is 37.3 Å². The quantitative estimate of drug-likeness (QED) is 0.0739. The summed E-state index contributed by atoms with van der Waals surface area (Å²) in [6, 6.07) is 19.0. The summed E-state index contributed by atoms with van der Waals surface area (Å²) in [5.41, 5.74) is 2.65. The van der Waals surface area contributed by atoms with Crippen molar-refractivity contribution in [1.29, 1.82) is 0 Å². The van der Waals surface area contributed by atoms with E-state index in [1.54, 1.807) is 0 Å². The average Bonchev–Trinajstić information content (AvgIpc) is 2.95. The molecule has 0 fully saturated rings. The van der Waals surface area contributed by atoms with Crippen molar-refractivity contribution in [2.75, 3.05) is 33.9 Å². The highest BCUT2D eigenvalue weighted by Crippen LogP contribution is 2.21. The first kappa shape index (κ1) is 33.9. The van der Waals surface area contributed by atoms with Crippen LogP contribution in [0.4, 0.5) is 0 Å². The van der Waals surface area contributed by atoms with Gasteiger partial charge in [0.05, 0.1) is 33.9 Å². The van der Waals surface area contributed by atoms with Gasteiger partial charge >= 0.3 is 5.97 Å². The summed E-state index contributed by atoms with van der Waals surface area (Å²) in [7, 11) is 4.50. The SMILES string of the molecule is CCCCCCCCCCCCCc1ccccc1OCCCOC(=O)CCCC[N+](C)(C)Cc1ccccc1. The second kappa shape index (κ2) is 21.4. The molecule has 0 radical (unpaired) electrons. The molecule has 0 aliphatic heterocycles. The van der Waals surface area contributed by atoms with Crippen LogP contribution >= 0.6 is 0 Å². The number of carbonyl (C=O) groups is 1. The second-order valence-corrected chi connectivity index (χ2v) is 12.1. The number of benzene rings is 2. The third kappa shape index (κ3) is 16.7. The zero-order valence-corrected chi connectivity index (χ0v) is 26.0. The molecule has 224 valence electrons. The lowest BCUT2D eigenvalue weighted by atomic mass is 10.0. The number of nitrogens with zero attached hydrogens (tertiary/aromatic N) is 1. The van der Waals surface area contributed by atoms with Gasteiger partial charge < -0.3 is 14.0 Å². The van der Waals surface area contributed by atoms with Gasteiger partial charge in [-0.3, -0.25) is 4.79 Å². The molecule has 0 saturated carbocycles. The lowest BCUT2D eigenvalue weighted by Gasteiger charge is -2.30. The Bertz CT molecular complexity index is 896. The van der Waals surface area contributed by atoms with Gasteiger partial charge in [0.25, 0.3) is 0 Å². The van der Waals surface area contributed by atoms with Gasteiger partial charge in [-0.2, -0.15) is 0 Å². The van der Waals surface area contributed by atoms with Crippen molar-refractivity contribution in [3.8, 4) is 5.75 Å². The van der Waals surface area contributed by atoms with E-state index in [2.05, 4.69) is 69.6 Å². The molecule has 0 bridgehead atoms. The average molecular weight is 553 g/mol. The molecule has 40 heavy (non-hydrogen) atoms. The summed E-state index contributed by atoms with van der Waals surface area (Å²) in [6.07, 6.45) is 19.2. The Morgan fingerprint density at radius 1 is 0.675 bits per heavy atom. The number of rotatable bonds is 24. The number of aryl methyl sites for hydroxylation is 1. The third-order valence-electron chi connectivity index (χ3n) is 7.68. The van der Waals surface area contributed by atoms with Crippen LogP contribution in [0.15, 0.2) is 54.6 Å². The molecule has 0 aromatic heterocycles. The van der Waals surface area contributed by atoms with Gasteiger partial charge in [0.1, 0.15) is 12.3 Å². The minimum absolute atomic E-state index is 0.0924. The van der Waals surface area contributed by atoms with Crippen LogP contribution in [-0.2, 0) is 22.5 Å². The van der Waals surface area contributed by atoms with E-state index in [1.807, 2.05) is 6.07 Å². The van der Waals surface area contributed by atoms with E-state index >= 15 is 0 Å². The number of carbonyl (C=O) groups excluding carboxylic acids is 1. The molecule has 4 heteroatoms. The molecular weight excluding hydrogens is 494 g/mol. The van der Waals surface area contributed by atoms with Crippen LogP contribution in [0.5, 0.6) is 5.75 Å². The van der Waals surface area contributed by atoms with Crippen LogP contribution in [0.2, 0.25) is 0 Å². The lowest BCUT2D eigenvalue weighted by Crippen LogP contribution is -2.39. The van der Waals surface area contributed by atoms with E-state index in [4.69, 9.17) is 9.47 Å². The van der Waals surface area contributed by atoms with Crippen LogP contribution in [0, 0.1) is 0 Å². The fourth-order valence-electron chi connectivity index (χ4n) is 5.30. The number of ether oxygens (including phenoxy) is 2. The van der Waals surface area contributed by atoms with Gasteiger partial charge in [0.2, 0.25) is 0 Å². The van der Waals surface area contributed by atoms with Crippen molar-refractivity contribution in [2.45, 2.75) is 116 Å². The first-order valence-corrected chi connectivity index (χ1v) is 16.2. The number of para-hydroxylation sites is 1. The standard InChI is InChI=1S/C36H58NO3/c1-4-5-6-7-8-9-10-11-12-13-17-25-34-26-18-19-27-35(34)39-30-22-31-40-36(38)28-20-21-29-37(2,3)32-33-23-15-14-16-24-33/h14-16,18-19,23-24,26-27H,4-13,17,20-22,25,28-32H2,1-3H3/q+1. The van der Waals surface area contributed by atoms with Crippen molar-refractivity contribution >= 4 is 5.97 Å². The van der Waals surface area contributed by atoms with E-state index in [1.165, 1.54) is 81.8 Å². The molecule has 0 atom stereocenters. The topological polar surface area (TPSA) is 35.5 Å². The van der Waals surface area contributed by atoms with Crippen molar-refractivity contribution in [2.24, 2.45) is 0 Å². The maximum atomic E-state index is 12.2. The van der Waals surface area contributed by atoms with E-state index < -0.39 is 0 Å². The van der Waals surface area contributed by atoms with Gasteiger partial charge in [-0.25, -0.2) is 0 Å². The summed E-state index contributed by atoms with van der Waals surface area (Å²) in [4.78, 5) is 12.2. The van der Waals surface area contributed by atoms with E-state index in [0.717, 1.165) is 49.0 Å². The maximum absolute atomic E-state index is 12.2. The van der Waals surface area contributed by atoms with Crippen LogP contribution in [0.25, 0.3) is 0 Å². The molecule has 0 aliphatic carbocycles. The molecule has 2 aromatic rings. The smallest absolute Gasteiger partial charge is 0.305 e. The molecule has 0 aliphatic rings. The van der Waals surface area contributed by atoms with Crippen LogP contribution in [-0.4, -0.2) is 44.3 Å². The number of quaternary nitrogens is 1. The zero-order valence-electron chi connectivity index (χ0n) is 26.0. The second-order valence-electron chi connectivity index (χ2n) is 12.1. The van der Waals surface area contributed by atoms with Crippen molar-refractivity contribution < 1.29 is 18.8 Å². The van der Waals surface area contributed by atoms with Gasteiger partial charge in [0.15, 0.2) is 0 Å². The van der Waals surface area contributed by atoms with Crippen molar-refractivity contribution in [3.63, 3.8) is 0 Å². The Kier molecular flexibility index (Phi) is 18.1. The number of hydrogen-bond acceptors (Lipinski definition) is 3. The monoisotopic (exact) mass is 552 g/mol. The fourth-order valence-corrected chi connectivity index (χ4v) is 5.30. The molecule has 0 spiro atoms. The zero-order chi connectivity index (χ0) is 28.7. The molecule has 2 aromatic carbocycles. The maximum Gasteiger partial charge on any atom is 0.305 e.